The summed E-state index contributed by atoms with van der Waals surface area (Å²) in [5.74, 6) is 1.25. The number of aromatic nitrogens is 1. The van der Waals surface area contributed by atoms with Crippen molar-refractivity contribution in [1.82, 2.24) is 9.88 Å². The normalized spacial score (nSPS) is 14.2. The van der Waals surface area contributed by atoms with Gasteiger partial charge in [0, 0.05) is 35.6 Å². The highest BCUT2D eigenvalue weighted by atomic mass is 35.5. The number of para-hydroxylation sites is 1. The summed E-state index contributed by atoms with van der Waals surface area (Å²) in [6.45, 7) is 4.44. The van der Waals surface area contributed by atoms with Crippen molar-refractivity contribution in [2.75, 3.05) is 12.9 Å². The first-order valence-corrected chi connectivity index (χ1v) is 10.9. The van der Waals surface area contributed by atoms with Gasteiger partial charge in [0.2, 0.25) is 0 Å². The van der Waals surface area contributed by atoms with E-state index in [4.69, 9.17) is 11.6 Å². The zero-order valence-corrected chi connectivity index (χ0v) is 18.0. The summed E-state index contributed by atoms with van der Waals surface area (Å²) in [6, 6.07) is 9.80. The number of hydrogen-bond acceptors (Lipinski definition) is 5. The van der Waals surface area contributed by atoms with E-state index >= 15 is 0 Å². The van der Waals surface area contributed by atoms with E-state index in [1.165, 1.54) is 24.8 Å². The number of nitrogens with zero attached hydrogens (tertiary/aromatic N) is 3. The van der Waals surface area contributed by atoms with Crippen LogP contribution in [0.5, 0.6) is 0 Å². The number of aliphatic imine (C=N–C) groups is 1. The van der Waals surface area contributed by atoms with Crippen molar-refractivity contribution < 1.29 is 4.79 Å². The first-order valence-electron chi connectivity index (χ1n) is 9.54. The van der Waals surface area contributed by atoms with Crippen molar-refractivity contribution in [2.24, 2.45) is 10.9 Å². The zero-order valence-electron chi connectivity index (χ0n) is 16.4. The van der Waals surface area contributed by atoms with Crippen molar-refractivity contribution >= 4 is 42.1 Å². The number of pyridine rings is 1. The Labute approximate surface area is 177 Å². The van der Waals surface area contributed by atoms with E-state index < -0.39 is 0 Å². The highest BCUT2D eigenvalue weighted by molar-refractivity contribution is 7.99. The molecule has 1 aromatic carbocycles. The van der Waals surface area contributed by atoms with Gasteiger partial charge >= 0.3 is 0 Å². The van der Waals surface area contributed by atoms with Gasteiger partial charge in [-0.15, -0.1) is 11.8 Å². The van der Waals surface area contributed by atoms with E-state index in [1.54, 1.807) is 18.0 Å². The van der Waals surface area contributed by atoms with Crippen LogP contribution >= 0.6 is 23.4 Å². The molecule has 0 aliphatic heterocycles. The van der Waals surface area contributed by atoms with E-state index in [0.29, 0.717) is 10.9 Å². The standard InChI is InChI=1S/C15H16ClN3S.C7H12O/c1-17-15-13(16)6-3-7-14(15)20-11-19(2)10-12-5-4-8-18-9-12;8-6-7-4-2-1-3-5-7/h3-9H,1,10-11H2,2H3;6-7H,1-5H2. The molecule has 1 aromatic heterocycles. The topological polar surface area (TPSA) is 45.6 Å². The molecule has 0 spiro atoms. The molecule has 0 unspecified atom stereocenters. The average Bonchev–Trinajstić information content (AvgIpc) is 2.74. The Hall–Kier alpha value is -1.69. The molecule has 6 heteroatoms. The van der Waals surface area contributed by atoms with Gasteiger partial charge in [0.15, 0.2) is 0 Å². The lowest BCUT2D eigenvalue weighted by Gasteiger charge is -2.16. The Balaban J connectivity index is 0.000000292. The molecule has 28 heavy (non-hydrogen) atoms. The third-order valence-electron chi connectivity index (χ3n) is 4.57. The number of rotatable bonds is 7. The maximum atomic E-state index is 10.2. The van der Waals surface area contributed by atoms with Gasteiger partial charge < -0.3 is 4.79 Å². The van der Waals surface area contributed by atoms with Gasteiger partial charge in [0.05, 0.1) is 10.7 Å². The van der Waals surface area contributed by atoms with Crippen LogP contribution in [-0.4, -0.2) is 35.8 Å². The highest BCUT2D eigenvalue weighted by Crippen LogP contribution is 2.35. The van der Waals surface area contributed by atoms with Crippen LogP contribution in [0.2, 0.25) is 5.02 Å². The Bertz CT molecular complexity index is 736. The molecule has 0 saturated heterocycles. The van der Waals surface area contributed by atoms with E-state index in [9.17, 15) is 4.79 Å². The number of carbonyl (C=O) groups is 1. The Kier molecular flexibility index (Phi) is 10.3. The molecule has 0 radical (unpaired) electrons. The molecule has 4 nitrogen and oxygen atoms in total. The van der Waals surface area contributed by atoms with E-state index in [0.717, 1.165) is 42.1 Å². The van der Waals surface area contributed by atoms with Gasteiger partial charge in [0.1, 0.15) is 6.29 Å². The molecule has 1 fully saturated rings. The monoisotopic (exact) mass is 417 g/mol. The van der Waals surface area contributed by atoms with Crippen LogP contribution in [0, 0.1) is 5.92 Å². The first kappa shape index (κ1) is 22.6. The molecular weight excluding hydrogens is 390 g/mol. The minimum Gasteiger partial charge on any atom is -0.303 e. The minimum absolute atomic E-state index is 0.406. The lowest BCUT2D eigenvalue weighted by molar-refractivity contribution is -0.111. The molecule has 1 heterocycles. The molecule has 0 atom stereocenters. The third-order valence-corrected chi connectivity index (χ3v) is 6.08. The van der Waals surface area contributed by atoms with E-state index in [1.807, 2.05) is 30.5 Å². The van der Waals surface area contributed by atoms with Crippen molar-refractivity contribution in [2.45, 2.75) is 43.5 Å². The van der Waals surface area contributed by atoms with Crippen LogP contribution < -0.4 is 0 Å². The third kappa shape index (κ3) is 7.74. The molecule has 0 bridgehead atoms. The van der Waals surface area contributed by atoms with Gasteiger partial charge in [-0.05, 0) is 50.4 Å². The SMILES string of the molecule is C=Nc1c(Cl)cccc1SCN(C)Cc1cccnc1.O=CC1CCCCC1. The number of hydrogen-bond donors (Lipinski definition) is 0. The summed E-state index contributed by atoms with van der Waals surface area (Å²) < 4.78 is 0. The first-order chi connectivity index (χ1) is 13.6. The molecular formula is C22H28ClN3OS. The zero-order chi connectivity index (χ0) is 20.2. The van der Waals surface area contributed by atoms with Gasteiger partial charge in [-0.2, -0.15) is 0 Å². The lowest BCUT2D eigenvalue weighted by Crippen LogP contribution is -2.16. The second-order valence-corrected chi connectivity index (χ2v) is 8.32. The lowest BCUT2D eigenvalue weighted by atomic mass is 9.91. The number of aldehydes is 1. The van der Waals surface area contributed by atoms with Crippen molar-refractivity contribution in [3.05, 3.63) is 53.3 Å². The summed E-state index contributed by atoms with van der Waals surface area (Å²) in [6.07, 6.45) is 10.9. The maximum absolute atomic E-state index is 10.2. The van der Waals surface area contributed by atoms with E-state index in [-0.39, 0.29) is 0 Å². The Morgan fingerprint density at radius 2 is 2.07 bits per heavy atom. The van der Waals surface area contributed by atoms with Crippen LogP contribution in [0.4, 0.5) is 5.69 Å². The van der Waals surface area contributed by atoms with Crippen molar-refractivity contribution in [1.29, 1.82) is 0 Å². The molecule has 3 rings (SSSR count). The summed E-state index contributed by atoms with van der Waals surface area (Å²) >= 11 is 7.81. The van der Waals surface area contributed by atoms with Crippen molar-refractivity contribution in [3.63, 3.8) is 0 Å². The molecule has 0 amide bonds. The molecule has 2 aromatic rings. The molecule has 1 aliphatic rings. The number of benzene rings is 1. The van der Waals surface area contributed by atoms with Crippen LogP contribution in [0.25, 0.3) is 0 Å². The number of carbonyl (C=O) groups excluding carboxylic acids is 1. The largest absolute Gasteiger partial charge is 0.303 e. The fourth-order valence-electron chi connectivity index (χ4n) is 3.06. The predicted octanol–water partition coefficient (Wildman–Crippen LogP) is 6.01. The van der Waals surface area contributed by atoms with Crippen LogP contribution in [0.15, 0.2) is 52.6 Å². The molecule has 0 N–H and O–H groups in total. The van der Waals surface area contributed by atoms with Crippen molar-refractivity contribution in [3.8, 4) is 0 Å². The van der Waals surface area contributed by atoms with Gasteiger partial charge in [-0.25, -0.2) is 0 Å². The van der Waals surface area contributed by atoms with Crippen LogP contribution in [0.3, 0.4) is 0 Å². The van der Waals surface area contributed by atoms with Gasteiger partial charge in [0.25, 0.3) is 0 Å². The highest BCUT2D eigenvalue weighted by Gasteiger charge is 2.10. The molecule has 1 saturated carbocycles. The second-order valence-electron chi connectivity index (χ2n) is 6.93. The average molecular weight is 418 g/mol. The van der Waals surface area contributed by atoms with Gasteiger partial charge in [-0.3, -0.25) is 14.9 Å². The maximum Gasteiger partial charge on any atom is 0.123 e. The Morgan fingerprint density at radius 1 is 1.29 bits per heavy atom. The van der Waals surface area contributed by atoms with Crippen LogP contribution in [-0.2, 0) is 11.3 Å². The summed E-state index contributed by atoms with van der Waals surface area (Å²) in [7, 11) is 2.07. The summed E-state index contributed by atoms with van der Waals surface area (Å²) in [5.41, 5.74) is 1.96. The number of halogens is 1. The summed E-state index contributed by atoms with van der Waals surface area (Å²) in [4.78, 5) is 21.5. The molecule has 150 valence electrons. The smallest absolute Gasteiger partial charge is 0.123 e. The fraction of sp³-hybridized carbons (Fsp3) is 0.409. The summed E-state index contributed by atoms with van der Waals surface area (Å²) in [5, 5.41) is 0.639. The molecule has 1 aliphatic carbocycles. The minimum atomic E-state index is 0.406. The quantitative estimate of drug-likeness (QED) is 0.239. The Morgan fingerprint density at radius 3 is 2.68 bits per heavy atom. The van der Waals surface area contributed by atoms with Gasteiger partial charge in [-0.1, -0.05) is 43.0 Å². The fourth-order valence-corrected chi connectivity index (χ4v) is 4.29. The second kappa shape index (κ2) is 12.7. The number of thioether (sulfide) groups is 1. The predicted molar refractivity (Wildman–Crippen MR) is 120 cm³/mol. The van der Waals surface area contributed by atoms with Crippen LogP contribution in [0.1, 0.15) is 37.7 Å². The van der Waals surface area contributed by atoms with E-state index in [2.05, 4.69) is 34.7 Å².